The van der Waals surface area contributed by atoms with Crippen LogP contribution in [0, 0.1) is 0 Å². The zero-order valence-corrected chi connectivity index (χ0v) is 18.6. The predicted molar refractivity (Wildman–Crippen MR) is 112 cm³/mol. The van der Waals surface area contributed by atoms with Crippen LogP contribution in [0.25, 0.3) is 0 Å². The molecule has 3 rings (SSSR count). The number of hydrogen-bond donors (Lipinski definition) is 0. The van der Waals surface area contributed by atoms with E-state index in [2.05, 4.69) is 36.4 Å². The van der Waals surface area contributed by atoms with Gasteiger partial charge in [0.25, 0.3) is 0 Å². The van der Waals surface area contributed by atoms with Crippen molar-refractivity contribution >= 4 is 55.8 Å². The number of halogens is 6. The van der Waals surface area contributed by atoms with Crippen molar-refractivity contribution in [3.63, 3.8) is 0 Å². The Morgan fingerprint density at radius 3 is 1.00 bits per heavy atom. The number of alkyl halides is 3. The van der Waals surface area contributed by atoms with E-state index in [0.717, 1.165) is 15.1 Å². The average molecular weight is 516 g/mol. The number of hydrogen-bond acceptors (Lipinski definition) is 3. The molecule has 30 heavy (non-hydrogen) atoms. The summed E-state index contributed by atoms with van der Waals surface area (Å²) in [6, 6.07) is 23.9. The fraction of sp³-hybridized carbons (Fsp3) is 0.0526. The molecule has 160 valence electrons. The lowest BCUT2D eigenvalue weighted by atomic mass is 10.3. The van der Waals surface area contributed by atoms with E-state index in [1.54, 1.807) is 0 Å². The Morgan fingerprint density at radius 1 is 0.633 bits per heavy atom. The van der Waals surface area contributed by atoms with Gasteiger partial charge in [-0.3, -0.25) is 0 Å². The molecule has 0 aromatic heterocycles. The highest BCUT2D eigenvalue weighted by Crippen LogP contribution is 2.33. The second-order valence-corrected chi connectivity index (χ2v) is 10.3. The molecular weight excluding hydrogens is 504 g/mol. The summed E-state index contributed by atoms with van der Waals surface area (Å²) in [5.74, 6) is 0. The summed E-state index contributed by atoms with van der Waals surface area (Å²) >= 11 is 18.1. The van der Waals surface area contributed by atoms with Gasteiger partial charge in [0.15, 0.2) is 24.8 Å². The van der Waals surface area contributed by atoms with Gasteiger partial charge in [0, 0.05) is 15.1 Å². The van der Waals surface area contributed by atoms with Crippen LogP contribution in [0.15, 0.2) is 87.5 Å². The van der Waals surface area contributed by atoms with Crippen molar-refractivity contribution in [2.24, 2.45) is 0 Å². The topological polar surface area (TPSA) is 57.2 Å². The van der Waals surface area contributed by atoms with Crippen LogP contribution >= 0.6 is 34.8 Å². The van der Waals surface area contributed by atoms with E-state index in [9.17, 15) is 13.2 Å². The molecule has 3 aromatic carbocycles. The molecule has 0 radical (unpaired) electrons. The van der Waals surface area contributed by atoms with Gasteiger partial charge in [0.1, 0.15) is 0 Å². The summed E-state index contributed by atoms with van der Waals surface area (Å²) in [4.78, 5) is 3.61. The molecule has 3 nitrogen and oxygen atoms in total. The van der Waals surface area contributed by atoms with Crippen LogP contribution in [0.4, 0.5) is 13.2 Å². The first-order valence-electron chi connectivity index (χ1n) is 7.91. The molecule has 0 aliphatic rings. The lowest BCUT2D eigenvalue weighted by Gasteiger charge is -2.08. The zero-order valence-electron chi connectivity index (χ0n) is 14.7. The standard InChI is InChI=1S/C18H12Cl3S.CHF3O3S/c19-13-1-7-16(8-2-13)22(17-9-3-14(20)4-10-17)18-11-5-15(21)6-12-18;2-1(3,4)8(5,6)7/h1-12H;(H,5,6,7)/q+1;/p-1. The first-order chi connectivity index (χ1) is 13.9. The SMILES string of the molecule is Clc1ccc([S+](c2ccc(Cl)cc2)c2ccc(Cl)cc2)cc1.O=S(=O)([O-])C(F)(F)F. The van der Waals surface area contributed by atoms with Crippen molar-refractivity contribution in [3.05, 3.63) is 87.9 Å². The fourth-order valence-corrected chi connectivity index (χ4v) is 4.54. The minimum atomic E-state index is -6.09. The Balaban J connectivity index is 0.000000343. The molecular formula is C19H12Cl3F3O3S2. The first-order valence-corrected chi connectivity index (χ1v) is 11.7. The van der Waals surface area contributed by atoms with Gasteiger partial charge in [-0.25, -0.2) is 8.42 Å². The summed E-state index contributed by atoms with van der Waals surface area (Å²) in [5.41, 5.74) is -5.65. The van der Waals surface area contributed by atoms with Gasteiger partial charge < -0.3 is 4.55 Å². The first kappa shape index (κ1) is 24.8. The average Bonchev–Trinajstić information content (AvgIpc) is 2.65. The maximum absolute atomic E-state index is 10.7. The third kappa shape index (κ3) is 7.08. The minimum absolute atomic E-state index is 0.215. The Hall–Kier alpha value is -1.42. The van der Waals surface area contributed by atoms with Gasteiger partial charge >= 0.3 is 5.51 Å². The summed E-state index contributed by atoms with van der Waals surface area (Å²) in [7, 11) is -6.31. The Kier molecular flexibility index (Phi) is 8.50. The monoisotopic (exact) mass is 514 g/mol. The highest BCUT2D eigenvalue weighted by Gasteiger charge is 2.37. The van der Waals surface area contributed by atoms with E-state index >= 15 is 0 Å². The van der Waals surface area contributed by atoms with Crippen molar-refractivity contribution in [2.75, 3.05) is 0 Å². The van der Waals surface area contributed by atoms with E-state index in [1.165, 1.54) is 14.7 Å². The second-order valence-electron chi connectivity index (χ2n) is 5.57. The minimum Gasteiger partial charge on any atom is -0.741 e. The molecule has 0 unspecified atom stereocenters. The molecule has 0 saturated heterocycles. The second kappa shape index (κ2) is 10.3. The number of benzene rings is 3. The third-order valence-electron chi connectivity index (χ3n) is 3.43. The van der Waals surface area contributed by atoms with Crippen molar-refractivity contribution < 1.29 is 26.1 Å². The van der Waals surface area contributed by atoms with Gasteiger partial charge in [0.2, 0.25) is 0 Å². The van der Waals surface area contributed by atoms with Crippen LogP contribution in [-0.2, 0) is 21.0 Å². The maximum Gasteiger partial charge on any atom is 0.485 e. The molecule has 0 amide bonds. The van der Waals surface area contributed by atoms with Gasteiger partial charge in [0.05, 0.1) is 10.9 Å². The molecule has 0 heterocycles. The van der Waals surface area contributed by atoms with Gasteiger partial charge in [-0.2, -0.15) is 13.2 Å². The molecule has 0 fully saturated rings. The molecule has 0 saturated carbocycles. The normalized spacial score (nSPS) is 11.7. The largest absolute Gasteiger partial charge is 0.741 e. The van der Waals surface area contributed by atoms with Crippen LogP contribution in [0.1, 0.15) is 0 Å². The van der Waals surface area contributed by atoms with Gasteiger partial charge in [-0.05, 0) is 72.8 Å². The van der Waals surface area contributed by atoms with E-state index in [1.807, 2.05) is 36.4 Å². The van der Waals surface area contributed by atoms with Crippen molar-refractivity contribution in [1.29, 1.82) is 0 Å². The predicted octanol–water partition coefficient (Wildman–Crippen LogP) is 6.79. The van der Waals surface area contributed by atoms with Crippen LogP contribution in [0.2, 0.25) is 15.1 Å². The molecule has 0 aliphatic carbocycles. The van der Waals surface area contributed by atoms with Crippen molar-refractivity contribution in [2.45, 2.75) is 20.2 Å². The van der Waals surface area contributed by atoms with Crippen molar-refractivity contribution in [1.82, 2.24) is 0 Å². The number of rotatable bonds is 3. The maximum atomic E-state index is 10.7. The lowest BCUT2D eigenvalue weighted by molar-refractivity contribution is -0.0517. The van der Waals surface area contributed by atoms with Crippen LogP contribution in [0.5, 0.6) is 0 Å². The summed E-state index contributed by atoms with van der Waals surface area (Å²) < 4.78 is 58.9. The van der Waals surface area contributed by atoms with Gasteiger partial charge in [-0.1, -0.05) is 34.8 Å². The quantitative estimate of drug-likeness (QED) is 0.219. The van der Waals surface area contributed by atoms with Crippen LogP contribution in [-0.4, -0.2) is 18.5 Å². The molecule has 0 atom stereocenters. The molecule has 0 bridgehead atoms. The Bertz CT molecular complexity index is 963. The highest BCUT2D eigenvalue weighted by atomic mass is 35.5. The van der Waals surface area contributed by atoms with Crippen LogP contribution in [0.3, 0.4) is 0 Å². The molecule has 0 spiro atoms. The summed E-state index contributed by atoms with van der Waals surface area (Å²) in [6.45, 7) is 0. The smallest absolute Gasteiger partial charge is 0.485 e. The van der Waals surface area contributed by atoms with Gasteiger partial charge in [-0.15, -0.1) is 0 Å². The van der Waals surface area contributed by atoms with E-state index in [0.29, 0.717) is 0 Å². The fourth-order valence-electron chi connectivity index (χ4n) is 2.12. The van der Waals surface area contributed by atoms with Crippen molar-refractivity contribution in [3.8, 4) is 0 Å². The lowest BCUT2D eigenvalue weighted by Crippen LogP contribution is -2.21. The van der Waals surface area contributed by atoms with E-state index in [-0.39, 0.29) is 10.9 Å². The molecule has 0 N–H and O–H groups in total. The third-order valence-corrected chi connectivity index (χ3v) is 6.99. The molecule has 0 aliphatic heterocycles. The van der Waals surface area contributed by atoms with Crippen LogP contribution < -0.4 is 0 Å². The summed E-state index contributed by atoms with van der Waals surface area (Å²) in [6.07, 6.45) is 0. The van der Waals surface area contributed by atoms with E-state index in [4.69, 9.17) is 47.8 Å². The molecule has 11 heteroatoms. The molecule has 3 aromatic rings. The zero-order chi connectivity index (χ0) is 22.5. The highest BCUT2D eigenvalue weighted by molar-refractivity contribution is 7.97. The Labute approximate surface area is 189 Å². The Morgan fingerprint density at radius 2 is 0.833 bits per heavy atom. The van der Waals surface area contributed by atoms with E-state index < -0.39 is 15.6 Å². The summed E-state index contributed by atoms with van der Waals surface area (Å²) in [5, 5.41) is 2.21.